The van der Waals surface area contributed by atoms with Gasteiger partial charge in [-0.05, 0) is 58.7 Å². The zero-order valence-corrected chi connectivity index (χ0v) is 20.2. The lowest BCUT2D eigenvalue weighted by molar-refractivity contribution is -0.136. The van der Waals surface area contributed by atoms with Crippen LogP contribution >= 0.6 is 11.3 Å². The fourth-order valence-corrected chi connectivity index (χ4v) is 4.54. The molecule has 0 bridgehead atoms. The highest BCUT2D eigenvalue weighted by atomic mass is 32.1. The number of benzene rings is 2. The first-order valence-electron chi connectivity index (χ1n) is 10.9. The summed E-state index contributed by atoms with van der Waals surface area (Å²) in [6, 6.07) is 19.4. The number of anilines is 1. The summed E-state index contributed by atoms with van der Waals surface area (Å²) in [6.45, 7) is 6.79. The Bertz CT molecular complexity index is 1170. The van der Waals surface area contributed by atoms with Crippen LogP contribution in [0.1, 0.15) is 36.8 Å². The fraction of sp³-hybridized carbons (Fsp3) is 0.259. The van der Waals surface area contributed by atoms with E-state index in [0.717, 1.165) is 21.9 Å². The molecule has 33 heavy (non-hydrogen) atoms. The van der Waals surface area contributed by atoms with Crippen LogP contribution in [0.15, 0.2) is 71.7 Å². The number of thiophene rings is 1. The SMILES string of the molecule is COc1ccc(CCN2C(=O)C(Nc3ccc(C(C)(C)C)cc3)=C(c3cccs3)C2=O)cc1. The van der Waals surface area contributed by atoms with Crippen LogP contribution in [0.5, 0.6) is 5.75 Å². The maximum atomic E-state index is 13.3. The Kier molecular flexibility index (Phi) is 6.38. The molecule has 0 spiro atoms. The highest BCUT2D eigenvalue weighted by Gasteiger charge is 2.39. The normalized spacial score (nSPS) is 14.2. The lowest BCUT2D eigenvalue weighted by Crippen LogP contribution is -2.34. The van der Waals surface area contributed by atoms with Gasteiger partial charge in [0.05, 0.1) is 12.7 Å². The topological polar surface area (TPSA) is 58.6 Å². The predicted molar refractivity (Wildman–Crippen MR) is 133 cm³/mol. The highest BCUT2D eigenvalue weighted by molar-refractivity contribution is 7.11. The molecule has 1 aromatic heterocycles. The monoisotopic (exact) mass is 460 g/mol. The zero-order chi connectivity index (χ0) is 23.6. The Morgan fingerprint density at radius 3 is 2.21 bits per heavy atom. The van der Waals surface area contributed by atoms with Crippen LogP contribution in [0.3, 0.4) is 0 Å². The van der Waals surface area contributed by atoms with Gasteiger partial charge >= 0.3 is 0 Å². The van der Waals surface area contributed by atoms with Gasteiger partial charge in [0.15, 0.2) is 0 Å². The number of hydrogen-bond acceptors (Lipinski definition) is 5. The largest absolute Gasteiger partial charge is 0.497 e. The summed E-state index contributed by atoms with van der Waals surface area (Å²) in [7, 11) is 1.62. The van der Waals surface area contributed by atoms with Crippen LogP contribution in [0.4, 0.5) is 5.69 Å². The van der Waals surface area contributed by atoms with Gasteiger partial charge in [0.25, 0.3) is 11.8 Å². The molecule has 1 N–H and O–H groups in total. The third-order valence-corrected chi connectivity index (χ3v) is 6.63. The quantitative estimate of drug-likeness (QED) is 0.474. The molecule has 5 nitrogen and oxygen atoms in total. The average molecular weight is 461 g/mol. The molecule has 1 aliphatic heterocycles. The van der Waals surface area contributed by atoms with Crippen molar-refractivity contribution in [2.75, 3.05) is 19.0 Å². The number of ether oxygens (including phenoxy) is 1. The summed E-state index contributed by atoms with van der Waals surface area (Å²) in [5, 5.41) is 5.15. The maximum absolute atomic E-state index is 13.3. The van der Waals surface area contributed by atoms with Gasteiger partial charge in [-0.25, -0.2) is 0 Å². The molecule has 0 saturated carbocycles. The molecule has 3 aromatic rings. The molecule has 2 aromatic carbocycles. The van der Waals surface area contributed by atoms with Crippen LogP contribution < -0.4 is 10.1 Å². The third kappa shape index (κ3) is 4.86. The lowest BCUT2D eigenvalue weighted by atomic mass is 9.87. The summed E-state index contributed by atoms with van der Waals surface area (Å²) < 4.78 is 5.20. The molecule has 0 fully saturated rings. The second-order valence-electron chi connectivity index (χ2n) is 9.04. The number of nitrogens with one attached hydrogen (secondary N) is 1. The van der Waals surface area contributed by atoms with E-state index < -0.39 is 0 Å². The van der Waals surface area contributed by atoms with Gasteiger partial charge in [0.1, 0.15) is 11.4 Å². The van der Waals surface area contributed by atoms with Crippen LogP contribution in [-0.2, 0) is 21.4 Å². The van der Waals surface area contributed by atoms with Gasteiger partial charge in [0, 0.05) is 17.1 Å². The molecule has 2 heterocycles. The van der Waals surface area contributed by atoms with Gasteiger partial charge in [-0.2, -0.15) is 0 Å². The van der Waals surface area contributed by atoms with E-state index in [1.165, 1.54) is 21.8 Å². The minimum atomic E-state index is -0.295. The van der Waals surface area contributed by atoms with Crippen molar-refractivity contribution < 1.29 is 14.3 Å². The van der Waals surface area contributed by atoms with Crippen molar-refractivity contribution in [1.82, 2.24) is 4.90 Å². The average Bonchev–Trinajstić information content (AvgIpc) is 3.40. The van der Waals surface area contributed by atoms with Crippen LogP contribution in [-0.4, -0.2) is 30.4 Å². The van der Waals surface area contributed by atoms with Gasteiger partial charge in [0.2, 0.25) is 0 Å². The number of methoxy groups -OCH3 is 1. The van der Waals surface area contributed by atoms with Crippen molar-refractivity contribution in [2.45, 2.75) is 32.6 Å². The number of amides is 2. The van der Waals surface area contributed by atoms with E-state index in [0.29, 0.717) is 24.2 Å². The molecule has 0 radical (unpaired) electrons. The van der Waals surface area contributed by atoms with Crippen LogP contribution in [0.2, 0.25) is 0 Å². The Morgan fingerprint density at radius 1 is 0.939 bits per heavy atom. The van der Waals surface area contributed by atoms with Crippen molar-refractivity contribution in [2.24, 2.45) is 0 Å². The van der Waals surface area contributed by atoms with E-state index >= 15 is 0 Å². The molecular weight excluding hydrogens is 432 g/mol. The number of imide groups is 1. The molecule has 1 aliphatic rings. The van der Waals surface area contributed by atoms with E-state index in [9.17, 15) is 9.59 Å². The number of nitrogens with zero attached hydrogens (tertiary/aromatic N) is 1. The van der Waals surface area contributed by atoms with Crippen molar-refractivity contribution in [3.63, 3.8) is 0 Å². The summed E-state index contributed by atoms with van der Waals surface area (Å²) in [5.74, 6) is 0.222. The fourth-order valence-electron chi connectivity index (χ4n) is 3.78. The highest BCUT2D eigenvalue weighted by Crippen LogP contribution is 2.33. The number of carbonyl (C=O) groups is 2. The standard InChI is InChI=1S/C27H28N2O3S/c1-27(2,3)19-9-11-20(12-10-19)28-24-23(22-6-5-17-33-22)25(30)29(26(24)31)16-15-18-7-13-21(32-4)14-8-18/h5-14,17,28H,15-16H2,1-4H3. The smallest absolute Gasteiger partial charge is 0.278 e. The van der Waals surface area contributed by atoms with Gasteiger partial charge in [-0.15, -0.1) is 11.3 Å². The first-order valence-corrected chi connectivity index (χ1v) is 11.8. The minimum Gasteiger partial charge on any atom is -0.497 e. The van der Waals surface area contributed by atoms with Gasteiger partial charge in [-0.3, -0.25) is 14.5 Å². The Labute approximate surface area is 198 Å². The van der Waals surface area contributed by atoms with Crippen LogP contribution in [0.25, 0.3) is 5.57 Å². The molecule has 0 saturated heterocycles. The first kappa shape index (κ1) is 22.8. The van der Waals surface area contributed by atoms with Gasteiger partial charge < -0.3 is 10.1 Å². The minimum absolute atomic E-state index is 0.0390. The molecule has 0 atom stereocenters. The molecule has 170 valence electrons. The van der Waals surface area contributed by atoms with E-state index in [1.54, 1.807) is 7.11 Å². The Balaban J connectivity index is 1.57. The molecule has 0 aliphatic carbocycles. The number of hydrogen-bond donors (Lipinski definition) is 1. The Morgan fingerprint density at radius 2 is 1.64 bits per heavy atom. The number of carbonyl (C=O) groups excluding carboxylic acids is 2. The van der Waals surface area contributed by atoms with Crippen molar-refractivity contribution in [3.8, 4) is 5.75 Å². The van der Waals surface area contributed by atoms with E-state index in [1.807, 2.05) is 53.9 Å². The summed E-state index contributed by atoms with van der Waals surface area (Å²) >= 11 is 1.46. The summed E-state index contributed by atoms with van der Waals surface area (Å²) in [5.41, 5.74) is 3.83. The lowest BCUT2D eigenvalue weighted by Gasteiger charge is -2.19. The van der Waals surface area contributed by atoms with Gasteiger partial charge in [-0.1, -0.05) is 51.1 Å². The van der Waals surface area contributed by atoms with E-state index in [4.69, 9.17) is 4.74 Å². The maximum Gasteiger partial charge on any atom is 0.278 e. The van der Waals surface area contributed by atoms with Crippen molar-refractivity contribution in [3.05, 3.63) is 87.7 Å². The molecule has 4 rings (SSSR count). The second-order valence-corrected chi connectivity index (χ2v) is 9.99. The number of rotatable bonds is 7. The zero-order valence-electron chi connectivity index (χ0n) is 19.3. The van der Waals surface area contributed by atoms with Crippen LogP contribution in [0, 0.1) is 0 Å². The summed E-state index contributed by atoms with van der Waals surface area (Å²) in [6.07, 6.45) is 0.576. The molecule has 0 unspecified atom stereocenters. The first-order chi connectivity index (χ1) is 15.8. The third-order valence-electron chi connectivity index (χ3n) is 5.74. The van der Waals surface area contributed by atoms with E-state index in [-0.39, 0.29) is 17.2 Å². The summed E-state index contributed by atoms with van der Waals surface area (Å²) in [4.78, 5) is 28.8. The predicted octanol–water partition coefficient (Wildman–Crippen LogP) is 5.49. The molecular formula is C27H28N2O3S. The van der Waals surface area contributed by atoms with E-state index in [2.05, 4.69) is 38.2 Å². The Hall–Kier alpha value is -3.38. The molecule has 2 amide bonds. The molecule has 6 heteroatoms. The second kappa shape index (κ2) is 9.24. The van der Waals surface area contributed by atoms with Crippen molar-refractivity contribution >= 4 is 34.4 Å². The van der Waals surface area contributed by atoms with Crippen molar-refractivity contribution in [1.29, 1.82) is 0 Å².